The molecule has 0 fully saturated rings. The van der Waals surface area contributed by atoms with Crippen LogP contribution in [-0.2, 0) is 13.2 Å². The van der Waals surface area contributed by atoms with E-state index in [0.717, 1.165) is 11.1 Å². The lowest BCUT2D eigenvalue weighted by atomic mass is 10.2. The van der Waals surface area contributed by atoms with E-state index in [9.17, 15) is 9.18 Å². The molecule has 0 saturated heterocycles. The summed E-state index contributed by atoms with van der Waals surface area (Å²) in [5, 5.41) is 9.62. The molecule has 0 atom stereocenters. The Morgan fingerprint density at radius 1 is 1.20 bits per heavy atom. The molecule has 2 heterocycles. The van der Waals surface area contributed by atoms with E-state index in [1.807, 2.05) is 29.6 Å². The van der Waals surface area contributed by atoms with Crippen LogP contribution in [0.4, 0.5) is 10.1 Å². The van der Waals surface area contributed by atoms with E-state index >= 15 is 0 Å². The minimum Gasteiger partial charge on any atom is -0.489 e. The number of nitrogens with zero attached hydrogens (tertiary/aromatic N) is 2. The topological polar surface area (TPSA) is 56.2 Å². The average molecular weight is 442 g/mol. The molecule has 1 N–H and O–H groups in total. The molecule has 0 bridgehead atoms. The van der Waals surface area contributed by atoms with E-state index in [-0.39, 0.29) is 18.3 Å². The zero-order valence-corrected chi connectivity index (χ0v) is 17.3. The van der Waals surface area contributed by atoms with E-state index in [4.69, 9.17) is 16.3 Å². The first-order valence-corrected chi connectivity index (χ1v) is 10.4. The van der Waals surface area contributed by atoms with Crippen molar-refractivity contribution in [2.45, 2.75) is 13.2 Å². The molecule has 2 aromatic carbocycles. The summed E-state index contributed by atoms with van der Waals surface area (Å²) in [7, 11) is 0. The molecule has 4 rings (SSSR count). The van der Waals surface area contributed by atoms with Gasteiger partial charge >= 0.3 is 0 Å². The number of thiophene rings is 1. The molecule has 152 valence electrons. The van der Waals surface area contributed by atoms with Crippen molar-refractivity contribution < 1.29 is 13.9 Å². The van der Waals surface area contributed by atoms with E-state index < -0.39 is 0 Å². The van der Waals surface area contributed by atoms with Crippen LogP contribution in [0.15, 0.2) is 72.4 Å². The number of hydrogen-bond donors (Lipinski definition) is 1. The Kier molecular flexibility index (Phi) is 6.11. The molecule has 0 radical (unpaired) electrons. The number of ether oxygens (including phenoxy) is 1. The number of aromatic nitrogens is 2. The summed E-state index contributed by atoms with van der Waals surface area (Å²) in [5.41, 5.74) is 2.38. The predicted octanol–water partition coefficient (Wildman–Crippen LogP) is 5.62. The van der Waals surface area contributed by atoms with Crippen molar-refractivity contribution in [3.63, 3.8) is 0 Å². The van der Waals surface area contributed by atoms with Gasteiger partial charge in [0.15, 0.2) is 0 Å². The zero-order valence-electron chi connectivity index (χ0n) is 15.7. The van der Waals surface area contributed by atoms with Crippen LogP contribution >= 0.6 is 22.9 Å². The Labute approximate surface area is 181 Å². The third-order valence-corrected chi connectivity index (χ3v) is 5.61. The van der Waals surface area contributed by atoms with Gasteiger partial charge in [0.1, 0.15) is 18.2 Å². The summed E-state index contributed by atoms with van der Waals surface area (Å²) >= 11 is 7.50. The van der Waals surface area contributed by atoms with Gasteiger partial charge in [-0.1, -0.05) is 35.9 Å². The maximum absolute atomic E-state index is 13.2. The van der Waals surface area contributed by atoms with Gasteiger partial charge < -0.3 is 10.1 Å². The molecule has 0 aliphatic heterocycles. The molecule has 0 unspecified atom stereocenters. The van der Waals surface area contributed by atoms with Crippen molar-refractivity contribution in [2.75, 3.05) is 5.32 Å². The van der Waals surface area contributed by atoms with Crippen molar-refractivity contribution >= 4 is 34.5 Å². The van der Waals surface area contributed by atoms with Gasteiger partial charge in [-0.3, -0.25) is 9.48 Å². The highest BCUT2D eigenvalue weighted by molar-refractivity contribution is 7.12. The third-order valence-electron chi connectivity index (χ3n) is 4.26. The van der Waals surface area contributed by atoms with Gasteiger partial charge in [-0.15, -0.1) is 11.3 Å². The smallest absolute Gasteiger partial charge is 0.265 e. The van der Waals surface area contributed by atoms with Gasteiger partial charge in [-0.25, -0.2) is 4.39 Å². The molecule has 0 aliphatic rings. The van der Waals surface area contributed by atoms with E-state index in [1.165, 1.54) is 23.5 Å². The van der Waals surface area contributed by atoms with Crippen LogP contribution in [0, 0.1) is 5.82 Å². The van der Waals surface area contributed by atoms with Crippen LogP contribution in [0.5, 0.6) is 5.75 Å². The summed E-state index contributed by atoms with van der Waals surface area (Å²) < 4.78 is 20.5. The third kappa shape index (κ3) is 5.06. The highest BCUT2D eigenvalue weighted by atomic mass is 35.5. The van der Waals surface area contributed by atoms with Crippen LogP contribution < -0.4 is 10.1 Å². The van der Waals surface area contributed by atoms with Crippen LogP contribution in [0.1, 0.15) is 20.8 Å². The number of carbonyl (C=O) groups is 1. The first-order chi connectivity index (χ1) is 14.6. The molecule has 0 saturated carbocycles. The van der Waals surface area contributed by atoms with Crippen molar-refractivity contribution in [3.05, 3.63) is 99.2 Å². The molecular weight excluding hydrogens is 425 g/mol. The normalized spacial score (nSPS) is 10.7. The van der Waals surface area contributed by atoms with Crippen LogP contribution in [0.2, 0.25) is 5.02 Å². The summed E-state index contributed by atoms with van der Waals surface area (Å²) in [6, 6.07) is 15.3. The maximum Gasteiger partial charge on any atom is 0.265 e. The summed E-state index contributed by atoms with van der Waals surface area (Å²) in [6.07, 6.45) is 3.35. The molecule has 8 heteroatoms. The number of anilines is 1. The number of amides is 1. The van der Waals surface area contributed by atoms with E-state index in [1.54, 1.807) is 35.3 Å². The quantitative estimate of drug-likeness (QED) is 0.405. The lowest BCUT2D eigenvalue weighted by molar-refractivity contribution is 0.103. The van der Waals surface area contributed by atoms with Gasteiger partial charge in [0.05, 0.1) is 23.3 Å². The number of rotatable bonds is 7. The summed E-state index contributed by atoms with van der Waals surface area (Å²) in [4.78, 5) is 13.1. The SMILES string of the molecule is O=C(Nc1cnn(Cc2ccccc2Cl)c1)c1cc(COc2cccc(F)c2)cs1. The second-order valence-electron chi connectivity index (χ2n) is 6.54. The largest absolute Gasteiger partial charge is 0.489 e. The zero-order chi connectivity index (χ0) is 20.9. The molecular formula is C22H17ClFN3O2S. The van der Waals surface area contributed by atoms with Gasteiger partial charge in [-0.05, 0) is 35.2 Å². The van der Waals surface area contributed by atoms with Crippen molar-refractivity contribution in [3.8, 4) is 5.75 Å². The maximum atomic E-state index is 13.2. The summed E-state index contributed by atoms with van der Waals surface area (Å²) in [5.74, 6) is -0.139. The first-order valence-electron chi connectivity index (χ1n) is 9.10. The highest BCUT2D eigenvalue weighted by Gasteiger charge is 2.12. The molecule has 0 spiro atoms. The van der Waals surface area contributed by atoms with E-state index in [2.05, 4.69) is 10.4 Å². The lowest BCUT2D eigenvalue weighted by Gasteiger charge is -2.04. The fourth-order valence-electron chi connectivity index (χ4n) is 2.80. The number of hydrogen-bond acceptors (Lipinski definition) is 4. The predicted molar refractivity (Wildman–Crippen MR) is 116 cm³/mol. The van der Waals surface area contributed by atoms with Crippen molar-refractivity contribution in [1.29, 1.82) is 0 Å². The molecule has 1 amide bonds. The average Bonchev–Trinajstić information content (AvgIpc) is 3.38. The number of nitrogens with one attached hydrogen (secondary N) is 1. The Hall–Kier alpha value is -3.16. The fourth-order valence-corrected chi connectivity index (χ4v) is 3.79. The molecule has 0 aliphatic carbocycles. The molecule has 4 aromatic rings. The Morgan fingerprint density at radius 3 is 2.90 bits per heavy atom. The van der Waals surface area contributed by atoms with Crippen molar-refractivity contribution in [1.82, 2.24) is 9.78 Å². The Bertz CT molecular complexity index is 1170. The van der Waals surface area contributed by atoms with Crippen LogP contribution in [0.3, 0.4) is 0 Å². The number of benzene rings is 2. The van der Waals surface area contributed by atoms with Crippen LogP contribution in [0.25, 0.3) is 0 Å². The second kappa shape index (κ2) is 9.11. The number of halogens is 2. The van der Waals surface area contributed by atoms with Gasteiger partial charge in [-0.2, -0.15) is 5.10 Å². The van der Waals surface area contributed by atoms with Crippen molar-refractivity contribution in [2.24, 2.45) is 0 Å². The number of carbonyl (C=O) groups excluding carboxylic acids is 1. The standard InChI is InChI=1S/C22H17ClFN3O2S/c23-20-7-2-1-4-16(20)11-27-12-18(10-25-27)26-22(28)21-8-15(14-30-21)13-29-19-6-3-5-17(24)9-19/h1-10,12,14H,11,13H2,(H,26,28). The van der Waals surface area contributed by atoms with Crippen LogP contribution in [-0.4, -0.2) is 15.7 Å². The molecule has 30 heavy (non-hydrogen) atoms. The van der Waals surface area contributed by atoms with Gasteiger partial charge in [0.2, 0.25) is 0 Å². The Balaban J connectivity index is 1.34. The molecule has 2 aromatic heterocycles. The first kappa shape index (κ1) is 20.1. The second-order valence-corrected chi connectivity index (χ2v) is 7.86. The molecule has 5 nitrogen and oxygen atoms in total. The van der Waals surface area contributed by atoms with Gasteiger partial charge in [0.25, 0.3) is 5.91 Å². The summed E-state index contributed by atoms with van der Waals surface area (Å²) in [6.45, 7) is 0.763. The lowest BCUT2D eigenvalue weighted by Crippen LogP contribution is -2.09. The van der Waals surface area contributed by atoms with Gasteiger partial charge in [0, 0.05) is 22.8 Å². The monoisotopic (exact) mass is 441 g/mol. The minimum atomic E-state index is -0.354. The fraction of sp³-hybridized carbons (Fsp3) is 0.0909. The van der Waals surface area contributed by atoms with E-state index in [0.29, 0.717) is 27.9 Å². The minimum absolute atomic E-state index is 0.228. The highest BCUT2D eigenvalue weighted by Crippen LogP contribution is 2.21. The Morgan fingerprint density at radius 2 is 2.07 bits per heavy atom.